The molecule has 4 N–H and O–H groups in total. The van der Waals surface area contributed by atoms with Crippen LogP contribution in [0.5, 0.6) is 0 Å². The molecule has 1 saturated carbocycles. The number of fused-ring (bicyclic) bond motifs is 3. The maximum atomic E-state index is 12.8. The van der Waals surface area contributed by atoms with E-state index in [1.165, 1.54) is 0 Å². The second kappa shape index (κ2) is 11.4. The van der Waals surface area contributed by atoms with Gasteiger partial charge in [-0.05, 0) is 35.1 Å². The fourth-order valence-corrected chi connectivity index (χ4v) is 5.17. The summed E-state index contributed by atoms with van der Waals surface area (Å²) in [6, 6.07) is 15.9. The maximum absolute atomic E-state index is 12.8. The number of nitrogens with one attached hydrogen (secondary N) is 2. The summed E-state index contributed by atoms with van der Waals surface area (Å²) < 4.78 is 5.67. The van der Waals surface area contributed by atoms with Crippen molar-refractivity contribution in [3.8, 4) is 11.1 Å². The molecule has 0 heterocycles. The molecule has 0 aromatic heterocycles. The summed E-state index contributed by atoms with van der Waals surface area (Å²) in [6.45, 7) is 0.261. The van der Waals surface area contributed by atoms with E-state index in [1.54, 1.807) is 0 Å². The van der Waals surface area contributed by atoms with Crippen LogP contribution in [0.3, 0.4) is 0 Å². The Hall–Kier alpha value is -3.39. The fourth-order valence-electron chi connectivity index (χ4n) is 5.17. The van der Waals surface area contributed by atoms with Crippen molar-refractivity contribution < 1.29 is 29.3 Å². The predicted octanol–water partition coefficient (Wildman–Crippen LogP) is 3.43. The lowest BCUT2D eigenvalue weighted by Gasteiger charge is -2.25. The molecule has 0 radical (unpaired) electrons. The van der Waals surface area contributed by atoms with Crippen molar-refractivity contribution >= 4 is 18.0 Å². The zero-order valence-corrected chi connectivity index (χ0v) is 19.6. The van der Waals surface area contributed by atoms with Crippen molar-refractivity contribution in [2.24, 2.45) is 5.92 Å². The maximum Gasteiger partial charge on any atom is 0.407 e. The van der Waals surface area contributed by atoms with E-state index >= 15 is 0 Å². The average Bonchev–Trinajstić information content (AvgIpc) is 2.99. The first-order chi connectivity index (χ1) is 17.0. The first-order valence-electron chi connectivity index (χ1n) is 12.3. The summed E-state index contributed by atoms with van der Waals surface area (Å²) in [7, 11) is 0. The number of carbonyl (C=O) groups is 3. The van der Waals surface area contributed by atoms with Crippen molar-refractivity contribution in [1.29, 1.82) is 0 Å². The van der Waals surface area contributed by atoms with Gasteiger partial charge < -0.3 is 25.6 Å². The number of rotatable bonds is 8. The van der Waals surface area contributed by atoms with Crippen LogP contribution in [-0.2, 0) is 14.3 Å². The van der Waals surface area contributed by atoms with Gasteiger partial charge in [0.05, 0.1) is 5.92 Å². The van der Waals surface area contributed by atoms with Gasteiger partial charge in [-0.15, -0.1) is 0 Å². The summed E-state index contributed by atoms with van der Waals surface area (Å²) in [5.41, 5.74) is 4.59. The van der Waals surface area contributed by atoms with Gasteiger partial charge in [-0.2, -0.15) is 0 Å². The highest BCUT2D eigenvalue weighted by Gasteiger charge is 2.33. The lowest BCUT2D eigenvalue weighted by molar-refractivity contribution is -0.147. The summed E-state index contributed by atoms with van der Waals surface area (Å²) in [5, 5.41) is 23.8. The number of aliphatic carboxylic acids is 1. The van der Waals surface area contributed by atoms with Crippen LogP contribution < -0.4 is 10.6 Å². The van der Waals surface area contributed by atoms with Gasteiger partial charge in [0.1, 0.15) is 6.61 Å². The normalized spacial score (nSPS) is 20.1. The molecular weight excluding hydrogens is 448 g/mol. The van der Waals surface area contributed by atoms with Crippen molar-refractivity contribution in [2.75, 3.05) is 13.2 Å². The quantitative estimate of drug-likeness (QED) is 0.429. The second-order valence-electron chi connectivity index (χ2n) is 9.25. The molecule has 8 heteroatoms. The summed E-state index contributed by atoms with van der Waals surface area (Å²) in [6.07, 6.45) is 1.91. The topological polar surface area (TPSA) is 125 Å². The van der Waals surface area contributed by atoms with E-state index in [-0.39, 0.29) is 37.4 Å². The molecule has 3 atom stereocenters. The van der Waals surface area contributed by atoms with Crippen LogP contribution >= 0.6 is 0 Å². The minimum absolute atomic E-state index is 0.0398. The molecule has 2 amide bonds. The first kappa shape index (κ1) is 24.7. The van der Waals surface area contributed by atoms with Crippen LogP contribution in [0.15, 0.2) is 48.5 Å². The number of aliphatic hydroxyl groups is 1. The van der Waals surface area contributed by atoms with Crippen LogP contribution in [0, 0.1) is 5.92 Å². The highest BCUT2D eigenvalue weighted by atomic mass is 16.5. The Balaban J connectivity index is 1.35. The molecule has 0 saturated heterocycles. The molecule has 2 aliphatic rings. The lowest BCUT2D eigenvalue weighted by atomic mass is 9.93. The first-order valence-corrected chi connectivity index (χ1v) is 12.3. The van der Waals surface area contributed by atoms with E-state index in [0.29, 0.717) is 12.8 Å². The van der Waals surface area contributed by atoms with E-state index in [0.717, 1.165) is 41.5 Å². The lowest BCUT2D eigenvalue weighted by Crippen LogP contribution is -2.47. The highest BCUT2D eigenvalue weighted by molar-refractivity contribution is 5.81. The van der Waals surface area contributed by atoms with Crippen molar-refractivity contribution in [3.05, 3.63) is 59.7 Å². The molecule has 0 aliphatic heterocycles. The second-order valence-corrected chi connectivity index (χ2v) is 9.25. The van der Waals surface area contributed by atoms with Crippen molar-refractivity contribution in [1.82, 2.24) is 10.6 Å². The monoisotopic (exact) mass is 480 g/mol. The zero-order valence-electron chi connectivity index (χ0n) is 19.6. The molecule has 8 nitrogen and oxygen atoms in total. The van der Waals surface area contributed by atoms with Gasteiger partial charge in [0.25, 0.3) is 0 Å². The van der Waals surface area contributed by atoms with E-state index < -0.39 is 24.1 Å². The summed E-state index contributed by atoms with van der Waals surface area (Å²) in [4.78, 5) is 36.4. The van der Waals surface area contributed by atoms with Crippen LogP contribution in [0.2, 0.25) is 0 Å². The minimum atomic E-state index is -1.51. The van der Waals surface area contributed by atoms with Crippen molar-refractivity contribution in [3.63, 3.8) is 0 Å². The molecule has 186 valence electrons. The third kappa shape index (κ3) is 5.82. The Morgan fingerprint density at radius 3 is 2.23 bits per heavy atom. The number of ether oxygens (including phenoxy) is 1. The molecule has 1 fully saturated rings. The minimum Gasteiger partial charge on any atom is -0.479 e. The van der Waals surface area contributed by atoms with E-state index in [1.807, 2.05) is 24.3 Å². The van der Waals surface area contributed by atoms with Gasteiger partial charge >= 0.3 is 12.1 Å². The molecule has 0 bridgehead atoms. The standard InChI is InChI=1S/C27H32N2O6/c30-24(26(32)33)14-15-28-25(31)21-12-2-1-3-13-23(21)29-27(34)35-16-22-19-10-6-4-8-17(19)18-9-5-7-11-20(18)22/h4-11,21-24,30H,1-3,12-16H2,(H,28,31)(H,29,34)(H,32,33)/t21-,23+,24-/m0/s1. The van der Waals surface area contributed by atoms with Gasteiger partial charge in [-0.1, -0.05) is 67.8 Å². The molecule has 4 rings (SSSR count). The van der Waals surface area contributed by atoms with Gasteiger partial charge in [-0.25, -0.2) is 9.59 Å². The number of hydrogen-bond donors (Lipinski definition) is 4. The molecule has 0 unspecified atom stereocenters. The smallest absolute Gasteiger partial charge is 0.407 e. The van der Waals surface area contributed by atoms with Gasteiger partial charge in [-0.3, -0.25) is 4.79 Å². The Bertz CT molecular complexity index is 1030. The van der Waals surface area contributed by atoms with Crippen molar-refractivity contribution in [2.45, 2.75) is 56.6 Å². The number of amides is 2. The SMILES string of the molecule is O=C(N[C@@H]1CCCCC[C@@H]1C(=O)NCC[C@H](O)C(=O)O)OCC1c2ccccc2-c2ccccc21. The van der Waals surface area contributed by atoms with Crippen LogP contribution in [-0.4, -0.2) is 53.5 Å². The number of benzene rings is 2. The molecule has 2 aliphatic carbocycles. The summed E-state index contributed by atoms with van der Waals surface area (Å²) >= 11 is 0. The summed E-state index contributed by atoms with van der Waals surface area (Å²) in [5.74, 6) is -2.03. The Labute approximate surface area is 204 Å². The van der Waals surface area contributed by atoms with Gasteiger partial charge in [0.2, 0.25) is 5.91 Å². The molecule has 2 aromatic rings. The van der Waals surface area contributed by atoms with Crippen LogP contribution in [0.1, 0.15) is 55.6 Å². The van der Waals surface area contributed by atoms with Gasteiger partial charge in [0.15, 0.2) is 6.10 Å². The third-order valence-corrected chi connectivity index (χ3v) is 7.00. The number of carboxylic acid groups (broad SMARTS) is 1. The number of hydrogen-bond acceptors (Lipinski definition) is 5. The largest absolute Gasteiger partial charge is 0.479 e. The van der Waals surface area contributed by atoms with Crippen LogP contribution in [0.25, 0.3) is 11.1 Å². The molecular formula is C27H32N2O6. The molecule has 2 aromatic carbocycles. The Morgan fingerprint density at radius 1 is 0.943 bits per heavy atom. The average molecular weight is 481 g/mol. The van der Waals surface area contributed by atoms with Gasteiger partial charge in [0, 0.05) is 24.9 Å². The molecule has 35 heavy (non-hydrogen) atoms. The number of alkyl carbamates (subject to hydrolysis) is 1. The van der Waals surface area contributed by atoms with Crippen LogP contribution in [0.4, 0.5) is 4.79 Å². The zero-order chi connectivity index (χ0) is 24.8. The number of carbonyl (C=O) groups excluding carboxylic acids is 2. The highest BCUT2D eigenvalue weighted by Crippen LogP contribution is 2.44. The number of carboxylic acids is 1. The predicted molar refractivity (Wildman–Crippen MR) is 130 cm³/mol. The molecule has 0 spiro atoms. The third-order valence-electron chi connectivity index (χ3n) is 7.00. The number of aliphatic hydroxyl groups excluding tert-OH is 1. The van der Waals surface area contributed by atoms with E-state index in [4.69, 9.17) is 9.84 Å². The Morgan fingerprint density at radius 2 is 1.57 bits per heavy atom. The van der Waals surface area contributed by atoms with E-state index in [2.05, 4.69) is 34.9 Å². The fraction of sp³-hybridized carbons (Fsp3) is 0.444. The van der Waals surface area contributed by atoms with E-state index in [9.17, 15) is 19.5 Å². The Kier molecular flexibility index (Phi) is 8.02.